The maximum absolute atomic E-state index is 4.88. The highest BCUT2D eigenvalue weighted by atomic mass is 32.1. The minimum absolute atomic E-state index is 0.587. The number of fused-ring (bicyclic) bond motifs is 2. The van der Waals surface area contributed by atoms with Crippen molar-refractivity contribution in [3.05, 3.63) is 36.0 Å². The molecule has 0 amide bonds. The molecular weight excluding hydrogens is 332 g/mol. The van der Waals surface area contributed by atoms with E-state index in [0.29, 0.717) is 5.92 Å². The lowest BCUT2D eigenvalue weighted by atomic mass is 9.95. The smallest absolute Gasteiger partial charge is 0.194 e. The molecule has 4 aromatic heterocycles. The third-order valence-corrected chi connectivity index (χ3v) is 5.98. The number of nitrogens with zero attached hydrogens (tertiary/aromatic N) is 5. The first-order valence-electron chi connectivity index (χ1n) is 8.68. The molecule has 0 aliphatic carbocycles. The van der Waals surface area contributed by atoms with Crippen molar-refractivity contribution in [1.82, 2.24) is 29.5 Å². The number of aryl methyl sites for hydroxylation is 2. The molecule has 0 unspecified atom stereocenters. The molecule has 0 saturated carbocycles. The van der Waals surface area contributed by atoms with E-state index >= 15 is 0 Å². The van der Waals surface area contributed by atoms with Gasteiger partial charge in [0.15, 0.2) is 4.96 Å². The van der Waals surface area contributed by atoms with E-state index in [1.54, 1.807) is 11.3 Å². The van der Waals surface area contributed by atoms with Gasteiger partial charge in [-0.15, -0.1) is 0 Å². The van der Waals surface area contributed by atoms with E-state index in [9.17, 15) is 0 Å². The summed E-state index contributed by atoms with van der Waals surface area (Å²) in [6.45, 7) is 4.21. The second-order valence-electron chi connectivity index (χ2n) is 6.81. The van der Waals surface area contributed by atoms with Gasteiger partial charge in [-0.3, -0.25) is 9.08 Å². The molecule has 0 bridgehead atoms. The Morgan fingerprint density at radius 3 is 2.80 bits per heavy atom. The SMILES string of the molecule is Cc1nc(-c2cn3cc(C4CCNCC4)nc3s2)cc2cn(C)nc12. The van der Waals surface area contributed by atoms with E-state index < -0.39 is 0 Å². The molecule has 1 aliphatic rings. The van der Waals surface area contributed by atoms with Crippen molar-refractivity contribution >= 4 is 27.2 Å². The van der Waals surface area contributed by atoms with Gasteiger partial charge in [-0.05, 0) is 38.9 Å². The molecule has 0 atom stereocenters. The summed E-state index contributed by atoms with van der Waals surface area (Å²) in [6.07, 6.45) is 8.75. The van der Waals surface area contributed by atoms with Crippen LogP contribution in [0, 0.1) is 6.92 Å². The molecule has 1 N–H and O–H groups in total. The van der Waals surface area contributed by atoms with Gasteiger partial charge in [-0.2, -0.15) is 5.10 Å². The topological polar surface area (TPSA) is 60.0 Å². The number of pyridine rings is 1. The maximum atomic E-state index is 4.88. The van der Waals surface area contributed by atoms with Gasteiger partial charge in [0.05, 0.1) is 22.0 Å². The fraction of sp³-hybridized carbons (Fsp3) is 0.389. The van der Waals surface area contributed by atoms with Crippen molar-refractivity contribution in [3.8, 4) is 10.6 Å². The number of aromatic nitrogens is 5. The van der Waals surface area contributed by atoms with E-state index in [4.69, 9.17) is 9.97 Å². The molecule has 0 spiro atoms. The van der Waals surface area contributed by atoms with Crippen LogP contribution in [0.25, 0.3) is 26.4 Å². The molecule has 1 fully saturated rings. The van der Waals surface area contributed by atoms with Crippen molar-refractivity contribution in [3.63, 3.8) is 0 Å². The first kappa shape index (κ1) is 15.0. The van der Waals surface area contributed by atoms with Crippen molar-refractivity contribution in [2.24, 2.45) is 7.05 Å². The lowest BCUT2D eigenvalue weighted by Crippen LogP contribution is -2.26. The minimum atomic E-state index is 0.587. The Balaban J connectivity index is 1.53. The van der Waals surface area contributed by atoms with Crippen molar-refractivity contribution in [2.45, 2.75) is 25.7 Å². The Labute approximate surface area is 149 Å². The Morgan fingerprint density at radius 1 is 1.16 bits per heavy atom. The maximum Gasteiger partial charge on any atom is 0.194 e. The Kier molecular flexibility index (Phi) is 3.39. The van der Waals surface area contributed by atoms with E-state index in [1.165, 1.54) is 18.5 Å². The van der Waals surface area contributed by atoms with Gasteiger partial charge < -0.3 is 5.32 Å². The number of hydrogen-bond donors (Lipinski definition) is 1. The van der Waals surface area contributed by atoms with Crippen molar-refractivity contribution < 1.29 is 0 Å². The van der Waals surface area contributed by atoms with E-state index in [0.717, 1.165) is 45.2 Å². The average Bonchev–Trinajstić information content (AvgIpc) is 3.27. The van der Waals surface area contributed by atoms with Gasteiger partial charge in [0.2, 0.25) is 0 Å². The number of thiazole rings is 1. The number of rotatable bonds is 2. The van der Waals surface area contributed by atoms with Gasteiger partial charge in [-0.25, -0.2) is 9.97 Å². The van der Waals surface area contributed by atoms with Gasteiger partial charge >= 0.3 is 0 Å². The molecule has 7 heteroatoms. The van der Waals surface area contributed by atoms with Gasteiger partial charge in [0.1, 0.15) is 5.52 Å². The number of hydrogen-bond acceptors (Lipinski definition) is 5. The second-order valence-corrected chi connectivity index (χ2v) is 7.82. The van der Waals surface area contributed by atoms with Crippen LogP contribution in [0.1, 0.15) is 30.1 Å². The summed E-state index contributed by atoms with van der Waals surface area (Å²) in [4.78, 5) is 11.8. The van der Waals surface area contributed by atoms with Crippen LogP contribution in [-0.2, 0) is 7.05 Å². The van der Waals surface area contributed by atoms with Gasteiger partial charge in [-0.1, -0.05) is 11.3 Å². The molecule has 0 aromatic carbocycles. The molecule has 4 aromatic rings. The summed E-state index contributed by atoms with van der Waals surface area (Å²) < 4.78 is 4.00. The van der Waals surface area contributed by atoms with E-state index in [2.05, 4.69) is 33.3 Å². The van der Waals surface area contributed by atoms with Crippen LogP contribution in [-0.4, -0.2) is 37.2 Å². The molecule has 5 rings (SSSR count). The Hall–Kier alpha value is -2.25. The first-order chi connectivity index (χ1) is 12.2. The Morgan fingerprint density at radius 2 is 2.00 bits per heavy atom. The normalized spacial score (nSPS) is 16.2. The molecule has 5 heterocycles. The summed E-state index contributed by atoms with van der Waals surface area (Å²) >= 11 is 1.71. The molecule has 1 aliphatic heterocycles. The lowest BCUT2D eigenvalue weighted by Gasteiger charge is -2.20. The van der Waals surface area contributed by atoms with Crippen LogP contribution in [0.15, 0.2) is 24.7 Å². The number of nitrogens with one attached hydrogen (secondary N) is 1. The Bertz CT molecular complexity index is 1030. The molecule has 1 saturated heterocycles. The standard InChI is InChI=1S/C18H20N6S/c1-11-17-13(8-23(2)22-17)7-14(20-11)16-10-24-9-15(21-18(24)25-16)12-3-5-19-6-4-12/h7-10,12,19H,3-6H2,1-2H3. The predicted octanol–water partition coefficient (Wildman–Crippen LogP) is 3.12. The minimum Gasteiger partial charge on any atom is -0.317 e. The first-order valence-corrected chi connectivity index (χ1v) is 9.49. The van der Waals surface area contributed by atoms with Crippen LogP contribution in [0.2, 0.25) is 0 Å². The highest BCUT2D eigenvalue weighted by molar-refractivity contribution is 7.20. The molecule has 25 heavy (non-hydrogen) atoms. The summed E-state index contributed by atoms with van der Waals surface area (Å²) in [5, 5.41) is 9.03. The quantitative estimate of drug-likeness (QED) is 0.602. The molecule has 128 valence electrons. The largest absolute Gasteiger partial charge is 0.317 e. The zero-order chi connectivity index (χ0) is 17.0. The highest BCUT2D eigenvalue weighted by Gasteiger charge is 2.19. The number of imidazole rings is 1. The highest BCUT2D eigenvalue weighted by Crippen LogP contribution is 2.32. The van der Waals surface area contributed by atoms with Crippen LogP contribution in [0.3, 0.4) is 0 Å². The summed E-state index contributed by atoms with van der Waals surface area (Å²) in [6, 6.07) is 2.12. The van der Waals surface area contributed by atoms with Gasteiger partial charge in [0, 0.05) is 36.9 Å². The average molecular weight is 352 g/mol. The fourth-order valence-electron chi connectivity index (χ4n) is 3.68. The van der Waals surface area contributed by atoms with E-state index in [-0.39, 0.29) is 0 Å². The summed E-state index contributed by atoms with van der Waals surface area (Å²) in [5.74, 6) is 0.587. The van der Waals surface area contributed by atoms with Crippen molar-refractivity contribution in [2.75, 3.05) is 13.1 Å². The van der Waals surface area contributed by atoms with Gasteiger partial charge in [0.25, 0.3) is 0 Å². The van der Waals surface area contributed by atoms with Crippen LogP contribution in [0.4, 0.5) is 0 Å². The summed E-state index contributed by atoms with van der Waals surface area (Å²) in [5.41, 5.74) is 4.17. The predicted molar refractivity (Wildman–Crippen MR) is 100 cm³/mol. The zero-order valence-corrected chi connectivity index (χ0v) is 15.2. The second kappa shape index (κ2) is 5.64. The van der Waals surface area contributed by atoms with Crippen LogP contribution in [0.5, 0.6) is 0 Å². The van der Waals surface area contributed by atoms with E-state index in [1.807, 2.05) is 24.9 Å². The molecular formula is C18H20N6S. The van der Waals surface area contributed by atoms with Crippen molar-refractivity contribution in [1.29, 1.82) is 0 Å². The van der Waals surface area contributed by atoms with Crippen LogP contribution < -0.4 is 5.32 Å². The fourth-order valence-corrected chi connectivity index (χ4v) is 4.61. The summed E-state index contributed by atoms with van der Waals surface area (Å²) in [7, 11) is 1.95. The number of piperidine rings is 1. The zero-order valence-electron chi connectivity index (χ0n) is 14.4. The third kappa shape index (κ3) is 2.54. The molecule has 6 nitrogen and oxygen atoms in total. The lowest BCUT2D eigenvalue weighted by molar-refractivity contribution is 0.454. The van der Waals surface area contributed by atoms with Crippen LogP contribution >= 0.6 is 11.3 Å². The monoisotopic (exact) mass is 352 g/mol. The molecule has 0 radical (unpaired) electrons. The third-order valence-electron chi connectivity index (χ3n) is 4.96.